The normalized spacial score (nSPS) is 10.2. The molecule has 0 bridgehead atoms. The first-order valence-electron chi connectivity index (χ1n) is 5.66. The molecule has 19 heavy (non-hydrogen) atoms. The van der Waals surface area contributed by atoms with Crippen LogP contribution in [0.4, 0.5) is 4.79 Å². The van der Waals surface area contributed by atoms with E-state index in [4.69, 9.17) is 5.11 Å². The second-order valence-corrected chi connectivity index (χ2v) is 4.80. The molecule has 8 nitrogen and oxygen atoms in total. The average molecular weight is 287 g/mol. The van der Waals surface area contributed by atoms with E-state index >= 15 is 0 Å². The minimum Gasteiger partial charge on any atom is -0.476 e. The van der Waals surface area contributed by atoms with Crippen LogP contribution in [0.1, 0.15) is 10.5 Å². The number of aromatic carboxylic acids is 1. The lowest BCUT2D eigenvalue weighted by atomic mass is 10.5. The van der Waals surface area contributed by atoms with Gasteiger partial charge in [0, 0.05) is 25.9 Å². The number of carbonyl (C=O) groups excluding carboxylic acids is 1. The van der Waals surface area contributed by atoms with Crippen LogP contribution in [0.5, 0.6) is 0 Å². The molecule has 1 heterocycles. The highest BCUT2D eigenvalue weighted by molar-refractivity contribution is 7.98. The Balaban J connectivity index is 2.29. The highest BCUT2D eigenvalue weighted by atomic mass is 32.2. The average Bonchev–Trinajstić information content (AvgIpc) is 2.84. The standard InChI is InChI=1S/C10H17N5O3S/c1-14(5-6-19-2)10(18)11-3-4-15-7-8(9(16)17)12-13-15/h7H,3-6H2,1-2H3,(H,11,18)(H,16,17). The van der Waals surface area contributed by atoms with Crippen LogP contribution in [-0.2, 0) is 6.54 Å². The predicted molar refractivity (Wildman–Crippen MR) is 71.4 cm³/mol. The lowest BCUT2D eigenvalue weighted by Gasteiger charge is -2.17. The number of hydrogen-bond acceptors (Lipinski definition) is 5. The summed E-state index contributed by atoms with van der Waals surface area (Å²) in [6.45, 7) is 1.42. The molecular formula is C10H17N5O3S. The molecule has 0 radical (unpaired) electrons. The van der Waals surface area contributed by atoms with Crippen LogP contribution >= 0.6 is 11.8 Å². The van der Waals surface area contributed by atoms with E-state index in [2.05, 4.69) is 15.6 Å². The quantitative estimate of drug-likeness (QED) is 0.731. The van der Waals surface area contributed by atoms with Crippen molar-refractivity contribution in [2.24, 2.45) is 0 Å². The van der Waals surface area contributed by atoms with Crippen molar-refractivity contribution in [3.05, 3.63) is 11.9 Å². The molecule has 0 aliphatic carbocycles. The minimum absolute atomic E-state index is 0.108. The number of rotatable bonds is 7. The molecule has 9 heteroatoms. The fraction of sp³-hybridized carbons (Fsp3) is 0.600. The fourth-order valence-electron chi connectivity index (χ4n) is 1.25. The maximum atomic E-state index is 11.6. The third-order valence-electron chi connectivity index (χ3n) is 2.35. The molecule has 1 aromatic heterocycles. The topological polar surface area (TPSA) is 100 Å². The molecule has 0 unspecified atom stereocenters. The van der Waals surface area contributed by atoms with Crippen LogP contribution in [0.25, 0.3) is 0 Å². The fourth-order valence-corrected chi connectivity index (χ4v) is 1.70. The first-order chi connectivity index (χ1) is 9.04. The Kier molecular flexibility index (Phi) is 6.13. The van der Waals surface area contributed by atoms with Crippen molar-refractivity contribution in [2.75, 3.05) is 32.1 Å². The molecule has 0 aliphatic heterocycles. The van der Waals surface area contributed by atoms with Crippen molar-refractivity contribution < 1.29 is 14.7 Å². The molecule has 0 saturated carbocycles. The summed E-state index contributed by atoms with van der Waals surface area (Å²) >= 11 is 1.67. The number of amides is 2. The van der Waals surface area contributed by atoms with E-state index in [1.165, 1.54) is 10.9 Å². The van der Waals surface area contributed by atoms with Gasteiger partial charge in [0.25, 0.3) is 0 Å². The summed E-state index contributed by atoms with van der Waals surface area (Å²) in [4.78, 5) is 23.8. The largest absolute Gasteiger partial charge is 0.476 e. The van der Waals surface area contributed by atoms with Gasteiger partial charge in [0.2, 0.25) is 0 Å². The molecule has 0 aromatic carbocycles. The van der Waals surface area contributed by atoms with Gasteiger partial charge in [0.05, 0.1) is 12.7 Å². The van der Waals surface area contributed by atoms with Gasteiger partial charge < -0.3 is 15.3 Å². The maximum absolute atomic E-state index is 11.6. The van der Waals surface area contributed by atoms with Crippen molar-refractivity contribution >= 4 is 23.8 Å². The van der Waals surface area contributed by atoms with E-state index in [0.29, 0.717) is 19.6 Å². The first-order valence-corrected chi connectivity index (χ1v) is 7.05. The number of urea groups is 1. The molecule has 0 saturated heterocycles. The molecule has 0 fully saturated rings. The number of carboxylic acids is 1. The van der Waals surface area contributed by atoms with Gasteiger partial charge in [-0.3, -0.25) is 0 Å². The van der Waals surface area contributed by atoms with Gasteiger partial charge in [0.1, 0.15) is 0 Å². The SMILES string of the molecule is CSCCN(C)C(=O)NCCn1cc(C(=O)O)nn1. The smallest absolute Gasteiger partial charge is 0.358 e. The number of nitrogens with zero attached hydrogens (tertiary/aromatic N) is 4. The van der Waals surface area contributed by atoms with Crippen molar-refractivity contribution in [1.29, 1.82) is 0 Å². The highest BCUT2D eigenvalue weighted by Gasteiger charge is 2.09. The van der Waals surface area contributed by atoms with Crippen LogP contribution in [0.15, 0.2) is 6.20 Å². The molecule has 106 valence electrons. The molecule has 2 amide bonds. The number of carboxylic acid groups (broad SMARTS) is 1. The monoisotopic (exact) mass is 287 g/mol. The number of carbonyl (C=O) groups is 2. The van der Waals surface area contributed by atoms with Gasteiger partial charge in [-0.25, -0.2) is 14.3 Å². The zero-order chi connectivity index (χ0) is 14.3. The number of hydrogen-bond donors (Lipinski definition) is 2. The zero-order valence-corrected chi connectivity index (χ0v) is 11.7. The Morgan fingerprint density at radius 1 is 1.58 bits per heavy atom. The molecule has 1 rings (SSSR count). The van der Waals surface area contributed by atoms with E-state index in [1.807, 2.05) is 6.26 Å². The van der Waals surface area contributed by atoms with Gasteiger partial charge in [-0.15, -0.1) is 5.10 Å². The van der Waals surface area contributed by atoms with Crippen molar-refractivity contribution in [2.45, 2.75) is 6.54 Å². The summed E-state index contributed by atoms with van der Waals surface area (Å²) in [5.41, 5.74) is -0.108. The van der Waals surface area contributed by atoms with E-state index in [1.54, 1.807) is 23.7 Å². The number of thioether (sulfide) groups is 1. The lowest BCUT2D eigenvalue weighted by Crippen LogP contribution is -2.39. The van der Waals surface area contributed by atoms with Crippen molar-refractivity contribution in [1.82, 2.24) is 25.2 Å². The molecule has 1 aromatic rings. The van der Waals surface area contributed by atoms with Gasteiger partial charge >= 0.3 is 12.0 Å². The first kappa shape index (κ1) is 15.3. The van der Waals surface area contributed by atoms with Gasteiger partial charge in [-0.2, -0.15) is 11.8 Å². The molecule has 2 N–H and O–H groups in total. The van der Waals surface area contributed by atoms with Gasteiger partial charge in [0.15, 0.2) is 5.69 Å². The summed E-state index contributed by atoms with van der Waals surface area (Å²) in [5.74, 6) is -0.235. The summed E-state index contributed by atoms with van der Waals surface area (Å²) in [6.07, 6.45) is 3.31. The Morgan fingerprint density at radius 3 is 2.89 bits per heavy atom. The van der Waals surface area contributed by atoms with Gasteiger partial charge in [-0.05, 0) is 6.26 Å². The van der Waals surface area contributed by atoms with E-state index < -0.39 is 5.97 Å². The van der Waals surface area contributed by atoms with Crippen LogP contribution < -0.4 is 5.32 Å². The molecule has 0 aliphatic rings. The Bertz CT molecular complexity index is 437. The molecule has 0 atom stereocenters. The Hall–Kier alpha value is -1.77. The van der Waals surface area contributed by atoms with Crippen molar-refractivity contribution in [3.8, 4) is 0 Å². The summed E-state index contributed by atoms with van der Waals surface area (Å²) < 4.78 is 1.38. The third kappa shape index (κ3) is 5.16. The Morgan fingerprint density at radius 2 is 2.32 bits per heavy atom. The molecule has 0 spiro atoms. The van der Waals surface area contributed by atoms with Crippen molar-refractivity contribution in [3.63, 3.8) is 0 Å². The number of aromatic nitrogens is 3. The second-order valence-electron chi connectivity index (χ2n) is 3.82. The third-order valence-corrected chi connectivity index (χ3v) is 2.94. The minimum atomic E-state index is -1.12. The molecular weight excluding hydrogens is 270 g/mol. The van der Waals surface area contributed by atoms with E-state index in [9.17, 15) is 9.59 Å². The van der Waals surface area contributed by atoms with E-state index in [-0.39, 0.29) is 11.7 Å². The van der Waals surface area contributed by atoms with Crippen LogP contribution in [-0.4, -0.2) is 69.1 Å². The van der Waals surface area contributed by atoms with Crippen LogP contribution in [0.3, 0.4) is 0 Å². The maximum Gasteiger partial charge on any atom is 0.358 e. The summed E-state index contributed by atoms with van der Waals surface area (Å²) in [5, 5.41) is 18.5. The van der Waals surface area contributed by atoms with Crippen LogP contribution in [0.2, 0.25) is 0 Å². The lowest BCUT2D eigenvalue weighted by molar-refractivity contribution is 0.0690. The van der Waals surface area contributed by atoms with Crippen LogP contribution in [0, 0.1) is 0 Å². The second kappa shape index (κ2) is 7.62. The summed E-state index contributed by atoms with van der Waals surface area (Å²) in [7, 11) is 1.73. The van der Waals surface area contributed by atoms with Gasteiger partial charge in [-0.1, -0.05) is 5.21 Å². The number of nitrogens with one attached hydrogen (secondary N) is 1. The van der Waals surface area contributed by atoms with E-state index in [0.717, 1.165) is 5.75 Å². The Labute approximate surface area is 115 Å². The summed E-state index contributed by atoms with van der Waals surface area (Å²) in [6, 6.07) is -0.160. The zero-order valence-electron chi connectivity index (χ0n) is 10.9. The highest BCUT2D eigenvalue weighted by Crippen LogP contribution is 1.94. The predicted octanol–water partition coefficient (Wildman–Crippen LogP) is -0.0193.